The molecule has 3 aliphatic carbocycles. The zero-order chi connectivity index (χ0) is 16.6. The zero-order valence-corrected chi connectivity index (χ0v) is 17.1. The third-order valence-electron chi connectivity index (χ3n) is 6.86. The molecular formula is C22H42NaOP. The number of hydrogen-bond acceptors (Lipinski definition) is 1. The molecule has 0 aliphatic heterocycles. The Balaban J connectivity index is 0.00000225. The van der Waals surface area contributed by atoms with Gasteiger partial charge in [-0.25, -0.2) is 0 Å². The van der Waals surface area contributed by atoms with Crippen molar-refractivity contribution in [1.29, 1.82) is 0 Å². The standard InChI is InChI=1S/C22H41OP.Na.H/c1-2-3-17-23-19-11-10-16-22(18-19)24(20-12-6-4-7-13-20)21-14-8-5-9-15-21;;/h19-22H,2-18H2,1H3;;. The number of ether oxygens (including phenoxy) is 1. The van der Waals surface area contributed by atoms with Gasteiger partial charge in [-0.3, -0.25) is 0 Å². The molecule has 0 aromatic heterocycles. The van der Waals surface area contributed by atoms with Crippen LogP contribution in [0.5, 0.6) is 0 Å². The molecule has 2 atom stereocenters. The van der Waals surface area contributed by atoms with Gasteiger partial charge < -0.3 is 4.74 Å². The summed E-state index contributed by atoms with van der Waals surface area (Å²) in [5.41, 5.74) is 3.29. The fourth-order valence-corrected chi connectivity index (χ4v) is 10.3. The van der Waals surface area contributed by atoms with Crippen LogP contribution < -0.4 is 0 Å². The van der Waals surface area contributed by atoms with E-state index in [2.05, 4.69) is 6.92 Å². The molecule has 3 fully saturated rings. The molecule has 1 nitrogen and oxygen atoms in total. The molecule has 0 radical (unpaired) electrons. The van der Waals surface area contributed by atoms with Gasteiger partial charge >= 0.3 is 29.6 Å². The first-order chi connectivity index (χ1) is 11.9. The predicted molar refractivity (Wildman–Crippen MR) is 115 cm³/mol. The summed E-state index contributed by atoms with van der Waals surface area (Å²) < 4.78 is 6.29. The van der Waals surface area contributed by atoms with Crippen LogP contribution >= 0.6 is 7.92 Å². The van der Waals surface area contributed by atoms with Gasteiger partial charge in [-0.1, -0.05) is 66.2 Å². The molecule has 25 heavy (non-hydrogen) atoms. The van der Waals surface area contributed by atoms with Crippen LogP contribution in [0.25, 0.3) is 0 Å². The molecule has 3 rings (SSSR count). The van der Waals surface area contributed by atoms with Crippen molar-refractivity contribution in [3.8, 4) is 0 Å². The fourth-order valence-electron chi connectivity index (χ4n) is 5.59. The average molecular weight is 377 g/mol. The Morgan fingerprint density at radius 3 is 1.84 bits per heavy atom. The van der Waals surface area contributed by atoms with Crippen LogP contribution in [0.1, 0.15) is 110 Å². The third kappa shape index (κ3) is 7.05. The minimum absolute atomic E-state index is 0. The van der Waals surface area contributed by atoms with E-state index in [-0.39, 0.29) is 37.5 Å². The molecule has 3 aliphatic rings. The first kappa shape index (κ1) is 22.7. The first-order valence-corrected chi connectivity index (χ1v) is 12.8. The Morgan fingerprint density at radius 1 is 0.720 bits per heavy atom. The second-order valence-electron chi connectivity index (χ2n) is 8.70. The molecule has 0 amide bonds. The van der Waals surface area contributed by atoms with Crippen molar-refractivity contribution in [1.82, 2.24) is 0 Å². The van der Waals surface area contributed by atoms with Crippen LogP contribution in [-0.2, 0) is 4.74 Å². The van der Waals surface area contributed by atoms with Gasteiger partial charge in [-0.05, 0) is 68.3 Å². The van der Waals surface area contributed by atoms with Crippen LogP contribution in [0.4, 0.5) is 0 Å². The maximum absolute atomic E-state index is 6.29. The molecule has 0 aromatic carbocycles. The van der Waals surface area contributed by atoms with Crippen molar-refractivity contribution in [2.24, 2.45) is 0 Å². The summed E-state index contributed by atoms with van der Waals surface area (Å²) in [6.45, 7) is 3.29. The number of unbranched alkanes of at least 4 members (excludes halogenated alkanes) is 1. The van der Waals surface area contributed by atoms with E-state index in [0.29, 0.717) is 6.10 Å². The molecule has 2 unspecified atom stereocenters. The Labute approximate surface area is 180 Å². The van der Waals surface area contributed by atoms with E-state index in [4.69, 9.17) is 4.74 Å². The van der Waals surface area contributed by atoms with Crippen LogP contribution in [0.3, 0.4) is 0 Å². The molecule has 0 bridgehead atoms. The van der Waals surface area contributed by atoms with Crippen molar-refractivity contribution in [3.05, 3.63) is 0 Å². The molecular weight excluding hydrogens is 334 g/mol. The summed E-state index contributed by atoms with van der Waals surface area (Å²) in [5.74, 6) is 0. The van der Waals surface area contributed by atoms with Crippen molar-refractivity contribution >= 4 is 37.5 Å². The van der Waals surface area contributed by atoms with E-state index >= 15 is 0 Å². The minimum atomic E-state index is 0. The van der Waals surface area contributed by atoms with Crippen LogP contribution in [0.2, 0.25) is 0 Å². The van der Waals surface area contributed by atoms with Crippen molar-refractivity contribution in [2.45, 2.75) is 133 Å². The second kappa shape index (κ2) is 12.8. The molecule has 3 heteroatoms. The third-order valence-corrected chi connectivity index (χ3v) is 10.9. The van der Waals surface area contributed by atoms with Crippen LogP contribution in [0, 0.1) is 0 Å². The van der Waals surface area contributed by atoms with Gasteiger partial charge in [-0.2, -0.15) is 0 Å². The number of hydrogen-bond donors (Lipinski definition) is 0. The normalized spacial score (nSPS) is 29.5. The Morgan fingerprint density at radius 2 is 1.28 bits per heavy atom. The van der Waals surface area contributed by atoms with Crippen LogP contribution in [0.15, 0.2) is 0 Å². The molecule has 0 heterocycles. The molecule has 0 N–H and O–H groups in total. The van der Waals surface area contributed by atoms with E-state index in [9.17, 15) is 0 Å². The van der Waals surface area contributed by atoms with Gasteiger partial charge in [0.1, 0.15) is 0 Å². The van der Waals surface area contributed by atoms with E-state index < -0.39 is 0 Å². The summed E-state index contributed by atoms with van der Waals surface area (Å²) in [6, 6.07) is 0. The molecule has 0 spiro atoms. The summed E-state index contributed by atoms with van der Waals surface area (Å²) in [7, 11) is 0.260. The summed E-state index contributed by atoms with van der Waals surface area (Å²) in [4.78, 5) is 0. The van der Waals surface area contributed by atoms with Gasteiger partial charge in [0, 0.05) is 6.61 Å². The second-order valence-corrected chi connectivity index (χ2v) is 11.8. The van der Waals surface area contributed by atoms with Crippen molar-refractivity contribution in [2.75, 3.05) is 6.61 Å². The molecule has 3 saturated carbocycles. The van der Waals surface area contributed by atoms with Gasteiger partial charge in [0.2, 0.25) is 0 Å². The van der Waals surface area contributed by atoms with Gasteiger partial charge in [0.15, 0.2) is 0 Å². The molecule has 0 saturated heterocycles. The topological polar surface area (TPSA) is 9.23 Å². The van der Waals surface area contributed by atoms with Crippen molar-refractivity contribution < 1.29 is 4.74 Å². The quantitative estimate of drug-likeness (QED) is 0.276. The summed E-state index contributed by atoms with van der Waals surface area (Å²) in [5, 5.41) is 0. The average Bonchev–Trinajstić information content (AvgIpc) is 2.64. The SMILES string of the molecule is CCCCOC1CCCC(P(C2CCCCC2)C2CCCCC2)C1.[NaH]. The Bertz CT molecular complexity index is 321. The van der Waals surface area contributed by atoms with Gasteiger partial charge in [0.25, 0.3) is 0 Å². The monoisotopic (exact) mass is 376 g/mol. The van der Waals surface area contributed by atoms with Gasteiger partial charge in [0.05, 0.1) is 6.10 Å². The van der Waals surface area contributed by atoms with E-state index in [1.54, 1.807) is 25.7 Å². The van der Waals surface area contributed by atoms with Crippen molar-refractivity contribution in [3.63, 3.8) is 0 Å². The Hall–Kier alpha value is 1.39. The van der Waals surface area contributed by atoms with E-state index in [1.807, 2.05) is 0 Å². The first-order valence-electron chi connectivity index (χ1n) is 11.3. The maximum atomic E-state index is 6.29. The number of rotatable bonds is 7. The summed E-state index contributed by atoms with van der Waals surface area (Å²) in [6.07, 6.45) is 24.3. The zero-order valence-electron chi connectivity index (χ0n) is 16.2. The van der Waals surface area contributed by atoms with E-state index in [0.717, 1.165) is 23.6 Å². The Kier molecular flexibility index (Phi) is 11.6. The fraction of sp³-hybridized carbons (Fsp3) is 1.00. The summed E-state index contributed by atoms with van der Waals surface area (Å²) >= 11 is 0. The predicted octanol–water partition coefficient (Wildman–Crippen LogP) is 6.61. The van der Waals surface area contributed by atoms with Gasteiger partial charge in [-0.15, -0.1) is 0 Å². The van der Waals surface area contributed by atoms with Crippen LogP contribution in [-0.4, -0.2) is 59.2 Å². The van der Waals surface area contributed by atoms with E-state index in [1.165, 1.54) is 77.0 Å². The molecule has 0 aromatic rings. The molecule has 142 valence electrons.